The van der Waals surface area contributed by atoms with Crippen molar-refractivity contribution in [2.24, 2.45) is 0 Å². The summed E-state index contributed by atoms with van der Waals surface area (Å²) in [6.45, 7) is 3.74. The van der Waals surface area contributed by atoms with E-state index in [0.29, 0.717) is 11.6 Å². The van der Waals surface area contributed by atoms with E-state index in [1.54, 1.807) is 12.1 Å². The summed E-state index contributed by atoms with van der Waals surface area (Å²) in [7, 11) is 1.40. The smallest absolute Gasteiger partial charge is 0.341 e. The summed E-state index contributed by atoms with van der Waals surface area (Å²) in [6.07, 6.45) is 1.03. The Labute approximate surface area is 152 Å². The summed E-state index contributed by atoms with van der Waals surface area (Å²) < 4.78 is 23.5. The van der Waals surface area contributed by atoms with Crippen LogP contribution in [-0.4, -0.2) is 25.6 Å². The van der Waals surface area contributed by atoms with E-state index in [4.69, 9.17) is 9.47 Å². The number of hydrogen-bond acceptors (Lipinski definition) is 4. The van der Waals surface area contributed by atoms with Gasteiger partial charge in [-0.1, -0.05) is 26.0 Å². The molecule has 26 heavy (non-hydrogen) atoms. The number of nitrogens with one attached hydrogen (secondary N) is 1. The first-order valence-corrected chi connectivity index (χ1v) is 8.35. The summed E-state index contributed by atoms with van der Waals surface area (Å²) >= 11 is 0. The average Bonchev–Trinajstić information content (AvgIpc) is 2.65. The fourth-order valence-corrected chi connectivity index (χ4v) is 2.32. The van der Waals surface area contributed by atoms with Crippen LogP contribution < -0.4 is 10.1 Å². The predicted octanol–water partition coefficient (Wildman–Crippen LogP) is 4.14. The van der Waals surface area contributed by atoms with Crippen molar-refractivity contribution >= 4 is 17.6 Å². The number of carbonyl (C=O) groups is 2. The minimum atomic E-state index is -0.910. The first-order valence-electron chi connectivity index (χ1n) is 8.35. The van der Waals surface area contributed by atoms with Crippen molar-refractivity contribution in [3.63, 3.8) is 0 Å². The van der Waals surface area contributed by atoms with Crippen LogP contribution >= 0.6 is 0 Å². The fourth-order valence-electron chi connectivity index (χ4n) is 2.32. The molecule has 0 fully saturated rings. The lowest BCUT2D eigenvalue weighted by molar-refractivity contribution is -0.119. The zero-order valence-electron chi connectivity index (χ0n) is 15.0. The van der Waals surface area contributed by atoms with Gasteiger partial charge in [0.05, 0.1) is 12.7 Å². The van der Waals surface area contributed by atoms with E-state index in [-0.39, 0.29) is 11.3 Å². The number of rotatable bonds is 7. The van der Waals surface area contributed by atoms with Crippen LogP contribution in [0.3, 0.4) is 0 Å². The molecule has 0 aromatic heterocycles. The van der Waals surface area contributed by atoms with E-state index < -0.39 is 24.3 Å². The summed E-state index contributed by atoms with van der Waals surface area (Å²) in [5, 5.41) is 2.64. The number of esters is 1. The number of ether oxygens (including phenoxy) is 2. The fraction of sp³-hybridized carbons (Fsp3) is 0.300. The van der Waals surface area contributed by atoms with Crippen LogP contribution in [0.1, 0.15) is 42.1 Å². The standard InChI is InChI=1S/C20H22FNO4/c1-4-13(2)14-5-7-15(8-6-14)22-19(23)12-26-20(24)17-10-9-16(25-3)11-18(17)21/h5-11,13H,4,12H2,1-3H3,(H,22,23)/t13-/m0/s1. The van der Waals surface area contributed by atoms with Gasteiger partial charge in [-0.15, -0.1) is 0 Å². The molecule has 6 heteroatoms. The van der Waals surface area contributed by atoms with Crippen molar-refractivity contribution in [1.82, 2.24) is 0 Å². The molecule has 2 aromatic rings. The van der Waals surface area contributed by atoms with Crippen LogP contribution in [0.5, 0.6) is 5.75 Å². The highest BCUT2D eigenvalue weighted by atomic mass is 19.1. The third-order valence-electron chi connectivity index (χ3n) is 4.11. The molecule has 2 aromatic carbocycles. The molecule has 0 bridgehead atoms. The molecule has 1 N–H and O–H groups in total. The summed E-state index contributed by atoms with van der Waals surface area (Å²) in [5.41, 5.74) is 1.54. The van der Waals surface area contributed by atoms with Gasteiger partial charge in [0.15, 0.2) is 6.61 Å². The minimum absolute atomic E-state index is 0.253. The molecule has 0 radical (unpaired) electrons. The maximum atomic E-state index is 13.8. The van der Waals surface area contributed by atoms with E-state index in [2.05, 4.69) is 19.2 Å². The zero-order valence-corrected chi connectivity index (χ0v) is 15.0. The molecule has 0 aliphatic rings. The molecule has 138 valence electrons. The molecule has 1 atom stereocenters. The SMILES string of the molecule is CC[C@H](C)c1ccc(NC(=O)COC(=O)c2ccc(OC)cc2F)cc1. The Bertz CT molecular complexity index is 774. The van der Waals surface area contributed by atoms with Crippen LogP contribution in [0.4, 0.5) is 10.1 Å². The van der Waals surface area contributed by atoms with Crippen molar-refractivity contribution in [3.05, 3.63) is 59.4 Å². The van der Waals surface area contributed by atoms with Crippen LogP contribution in [0.25, 0.3) is 0 Å². The third kappa shape index (κ3) is 5.05. The Morgan fingerprint density at radius 3 is 2.42 bits per heavy atom. The summed E-state index contributed by atoms with van der Waals surface area (Å²) in [6, 6.07) is 11.3. The zero-order chi connectivity index (χ0) is 19.1. The number of anilines is 1. The minimum Gasteiger partial charge on any atom is -0.497 e. The number of carbonyl (C=O) groups excluding carboxylic acids is 2. The Kier molecular flexibility index (Phi) is 6.72. The molecule has 1 amide bonds. The average molecular weight is 359 g/mol. The number of halogens is 1. The van der Waals surface area contributed by atoms with Gasteiger partial charge in [0.2, 0.25) is 0 Å². The van der Waals surface area contributed by atoms with Crippen LogP contribution in [0.15, 0.2) is 42.5 Å². The molecule has 0 aliphatic carbocycles. The Morgan fingerprint density at radius 2 is 1.85 bits per heavy atom. The van der Waals surface area contributed by atoms with E-state index in [1.807, 2.05) is 12.1 Å². The lowest BCUT2D eigenvalue weighted by Crippen LogP contribution is -2.21. The quantitative estimate of drug-likeness (QED) is 0.755. The second kappa shape index (κ2) is 8.99. The van der Waals surface area contributed by atoms with Crippen LogP contribution in [-0.2, 0) is 9.53 Å². The molecular formula is C20H22FNO4. The Balaban J connectivity index is 1.89. The van der Waals surface area contributed by atoms with Crippen molar-refractivity contribution < 1.29 is 23.5 Å². The summed E-state index contributed by atoms with van der Waals surface area (Å²) in [5.74, 6) is -1.44. The van der Waals surface area contributed by atoms with E-state index in [0.717, 1.165) is 12.5 Å². The monoisotopic (exact) mass is 359 g/mol. The van der Waals surface area contributed by atoms with Crippen molar-refractivity contribution in [3.8, 4) is 5.75 Å². The predicted molar refractivity (Wildman–Crippen MR) is 97.0 cm³/mol. The molecule has 0 spiro atoms. The highest BCUT2D eigenvalue weighted by Gasteiger charge is 2.15. The largest absolute Gasteiger partial charge is 0.497 e. The Morgan fingerprint density at radius 1 is 1.15 bits per heavy atom. The van der Waals surface area contributed by atoms with Gasteiger partial charge < -0.3 is 14.8 Å². The van der Waals surface area contributed by atoms with Gasteiger partial charge in [0.25, 0.3) is 5.91 Å². The van der Waals surface area contributed by atoms with Crippen molar-refractivity contribution in [1.29, 1.82) is 0 Å². The highest BCUT2D eigenvalue weighted by molar-refractivity contribution is 5.95. The topological polar surface area (TPSA) is 64.6 Å². The van der Waals surface area contributed by atoms with Crippen molar-refractivity contribution in [2.45, 2.75) is 26.2 Å². The first-order chi connectivity index (χ1) is 12.4. The van der Waals surface area contributed by atoms with E-state index in [9.17, 15) is 14.0 Å². The molecule has 0 unspecified atom stereocenters. The van der Waals surface area contributed by atoms with Gasteiger partial charge in [0.1, 0.15) is 11.6 Å². The van der Waals surface area contributed by atoms with Crippen LogP contribution in [0.2, 0.25) is 0 Å². The van der Waals surface area contributed by atoms with Gasteiger partial charge >= 0.3 is 5.97 Å². The molecular weight excluding hydrogens is 337 g/mol. The number of amides is 1. The highest BCUT2D eigenvalue weighted by Crippen LogP contribution is 2.20. The molecule has 0 heterocycles. The molecule has 0 saturated heterocycles. The molecule has 5 nitrogen and oxygen atoms in total. The molecule has 0 aliphatic heterocycles. The van der Waals surface area contributed by atoms with Crippen molar-refractivity contribution in [2.75, 3.05) is 19.0 Å². The second-order valence-electron chi connectivity index (χ2n) is 5.90. The Hall–Kier alpha value is -2.89. The van der Waals surface area contributed by atoms with E-state index >= 15 is 0 Å². The summed E-state index contributed by atoms with van der Waals surface area (Å²) in [4.78, 5) is 23.8. The maximum Gasteiger partial charge on any atom is 0.341 e. The normalized spacial score (nSPS) is 11.5. The first kappa shape index (κ1) is 19.4. The lowest BCUT2D eigenvalue weighted by atomic mass is 9.99. The van der Waals surface area contributed by atoms with Gasteiger partial charge in [0, 0.05) is 11.8 Å². The molecule has 2 rings (SSSR count). The molecule has 0 saturated carbocycles. The van der Waals surface area contributed by atoms with Crippen LogP contribution in [0, 0.1) is 5.82 Å². The van der Waals surface area contributed by atoms with Gasteiger partial charge in [-0.05, 0) is 42.2 Å². The number of hydrogen-bond donors (Lipinski definition) is 1. The number of methoxy groups -OCH3 is 1. The maximum absolute atomic E-state index is 13.8. The third-order valence-corrected chi connectivity index (χ3v) is 4.11. The number of benzene rings is 2. The van der Waals surface area contributed by atoms with E-state index in [1.165, 1.54) is 24.8 Å². The van der Waals surface area contributed by atoms with Gasteiger partial charge in [-0.25, -0.2) is 9.18 Å². The second-order valence-corrected chi connectivity index (χ2v) is 5.90. The van der Waals surface area contributed by atoms with Gasteiger partial charge in [-0.3, -0.25) is 4.79 Å². The lowest BCUT2D eigenvalue weighted by Gasteiger charge is -2.11. The van der Waals surface area contributed by atoms with Gasteiger partial charge in [-0.2, -0.15) is 0 Å².